The molecule has 1 aromatic carbocycles. The van der Waals surface area contributed by atoms with Gasteiger partial charge in [-0.2, -0.15) is 0 Å². The quantitative estimate of drug-likeness (QED) is 0.546. The maximum atomic E-state index is 13.9. The minimum absolute atomic E-state index is 0.0603. The van der Waals surface area contributed by atoms with Crippen molar-refractivity contribution in [3.05, 3.63) is 34.6 Å². The molecule has 5 rings (SSSR count). The van der Waals surface area contributed by atoms with Gasteiger partial charge >= 0.3 is 5.97 Å². The van der Waals surface area contributed by atoms with Crippen molar-refractivity contribution in [2.45, 2.75) is 109 Å². The number of aromatic nitrogens is 2. The molecule has 0 spiro atoms. The van der Waals surface area contributed by atoms with Crippen LogP contribution in [0, 0.1) is 5.92 Å². The molecule has 2 saturated heterocycles. The number of rotatable bonds is 6. The van der Waals surface area contributed by atoms with Gasteiger partial charge in [-0.1, -0.05) is 70.4 Å². The highest BCUT2D eigenvalue weighted by atomic mass is 16.4. The lowest BCUT2D eigenvalue weighted by Crippen LogP contribution is -2.53. The van der Waals surface area contributed by atoms with E-state index >= 15 is 0 Å². The van der Waals surface area contributed by atoms with Gasteiger partial charge in [0, 0.05) is 37.8 Å². The molecule has 1 aliphatic carbocycles. The predicted octanol–water partition coefficient (Wildman–Crippen LogP) is 5.62. The molecule has 7 heteroatoms. The van der Waals surface area contributed by atoms with Crippen LogP contribution in [0.25, 0.3) is 11.0 Å². The molecule has 7 nitrogen and oxygen atoms in total. The van der Waals surface area contributed by atoms with Gasteiger partial charge in [0.15, 0.2) is 5.82 Å². The Kier molecular flexibility index (Phi) is 8.48. The third-order valence-corrected chi connectivity index (χ3v) is 9.07. The van der Waals surface area contributed by atoms with E-state index in [4.69, 9.17) is 4.98 Å². The van der Waals surface area contributed by atoms with Gasteiger partial charge in [0.1, 0.15) is 0 Å². The van der Waals surface area contributed by atoms with E-state index in [1.807, 2.05) is 33.7 Å². The summed E-state index contributed by atoms with van der Waals surface area (Å²) < 4.78 is 2.01. The van der Waals surface area contributed by atoms with Crippen LogP contribution < -0.4 is 10.5 Å². The van der Waals surface area contributed by atoms with Gasteiger partial charge < -0.3 is 14.6 Å². The van der Waals surface area contributed by atoms with E-state index in [1.165, 1.54) is 64.2 Å². The second-order valence-electron chi connectivity index (χ2n) is 11.6. The number of carboxylic acid groups (broad SMARTS) is 1. The van der Waals surface area contributed by atoms with E-state index in [-0.39, 0.29) is 11.6 Å². The van der Waals surface area contributed by atoms with Crippen LogP contribution >= 0.6 is 0 Å². The number of carbonyl (C=O) groups is 1. The van der Waals surface area contributed by atoms with E-state index in [9.17, 15) is 14.7 Å². The van der Waals surface area contributed by atoms with Gasteiger partial charge in [-0.05, 0) is 44.2 Å². The molecule has 202 valence electrons. The summed E-state index contributed by atoms with van der Waals surface area (Å²) in [6.45, 7) is 4.04. The second kappa shape index (κ2) is 12.0. The van der Waals surface area contributed by atoms with Crippen LogP contribution in [0.5, 0.6) is 0 Å². The minimum atomic E-state index is -0.798. The summed E-state index contributed by atoms with van der Waals surface area (Å²) in [5, 5.41) is 9.34. The Morgan fingerprint density at radius 1 is 0.973 bits per heavy atom. The van der Waals surface area contributed by atoms with Crippen molar-refractivity contribution in [2.75, 3.05) is 24.5 Å². The summed E-state index contributed by atoms with van der Waals surface area (Å²) in [5.41, 5.74) is 1.66. The molecule has 2 aromatic rings. The number of nitrogens with zero attached hydrogens (tertiary/aromatic N) is 4. The molecule has 3 heterocycles. The van der Waals surface area contributed by atoms with E-state index in [0.717, 1.165) is 36.8 Å². The molecule has 1 N–H and O–H groups in total. The third-order valence-electron chi connectivity index (χ3n) is 9.07. The van der Waals surface area contributed by atoms with Crippen LogP contribution in [-0.2, 0) is 4.79 Å². The first-order chi connectivity index (χ1) is 18.1. The van der Waals surface area contributed by atoms with Crippen molar-refractivity contribution in [2.24, 2.45) is 5.92 Å². The first-order valence-electron chi connectivity index (χ1n) is 14.8. The number of para-hydroxylation sites is 2. The first-order valence-corrected chi connectivity index (χ1v) is 14.8. The molecular formula is C30H44N4O3. The molecule has 1 saturated carbocycles. The lowest BCUT2D eigenvalue weighted by atomic mass is 9.88. The number of benzene rings is 1. The van der Waals surface area contributed by atoms with E-state index in [2.05, 4.69) is 11.8 Å². The number of hydrogen-bond acceptors (Lipinski definition) is 5. The SMILES string of the molecule is CCC[C@@H]1C[C@H](n2c(=O)c(N3CC(C(=O)O)C3)nc3ccccc32)CCN1C1CCCCCCCCC1. The molecule has 37 heavy (non-hydrogen) atoms. The Hall–Kier alpha value is -2.41. The van der Waals surface area contributed by atoms with Gasteiger partial charge in [-0.3, -0.25) is 14.5 Å². The van der Waals surface area contributed by atoms with Gasteiger partial charge in [-0.15, -0.1) is 0 Å². The summed E-state index contributed by atoms with van der Waals surface area (Å²) >= 11 is 0. The molecule has 3 fully saturated rings. The minimum Gasteiger partial charge on any atom is -0.481 e. The van der Waals surface area contributed by atoms with Crippen LogP contribution in [0.3, 0.4) is 0 Å². The van der Waals surface area contributed by atoms with Crippen LogP contribution in [0.4, 0.5) is 5.82 Å². The zero-order valence-corrected chi connectivity index (χ0v) is 22.5. The normalized spacial score (nSPS) is 25.2. The Morgan fingerprint density at radius 2 is 1.65 bits per heavy atom. The van der Waals surface area contributed by atoms with Crippen molar-refractivity contribution in [1.29, 1.82) is 0 Å². The smallest absolute Gasteiger partial charge is 0.310 e. The topological polar surface area (TPSA) is 78.7 Å². The molecule has 0 bridgehead atoms. The zero-order chi connectivity index (χ0) is 25.8. The third kappa shape index (κ3) is 5.71. The molecule has 0 unspecified atom stereocenters. The molecule has 3 aliphatic rings. The second-order valence-corrected chi connectivity index (χ2v) is 11.6. The summed E-state index contributed by atoms with van der Waals surface area (Å²) in [5.74, 6) is -0.804. The van der Waals surface area contributed by atoms with Crippen LogP contribution in [0.2, 0.25) is 0 Å². The number of piperidine rings is 1. The van der Waals surface area contributed by atoms with E-state index in [0.29, 0.717) is 31.0 Å². The lowest BCUT2D eigenvalue weighted by Gasteiger charge is -2.45. The van der Waals surface area contributed by atoms with Crippen molar-refractivity contribution in [3.63, 3.8) is 0 Å². The first kappa shape index (κ1) is 26.2. The molecular weight excluding hydrogens is 464 g/mol. The van der Waals surface area contributed by atoms with Gasteiger partial charge in [0.05, 0.1) is 17.0 Å². The van der Waals surface area contributed by atoms with Crippen molar-refractivity contribution in [1.82, 2.24) is 14.5 Å². The molecule has 2 atom stereocenters. The highest BCUT2D eigenvalue weighted by Gasteiger charge is 2.37. The molecule has 2 aliphatic heterocycles. The van der Waals surface area contributed by atoms with Crippen molar-refractivity contribution < 1.29 is 9.90 Å². The monoisotopic (exact) mass is 508 g/mol. The zero-order valence-electron chi connectivity index (χ0n) is 22.5. The Morgan fingerprint density at radius 3 is 2.32 bits per heavy atom. The Bertz CT molecular complexity index is 1120. The maximum Gasteiger partial charge on any atom is 0.310 e. The number of fused-ring (bicyclic) bond motifs is 1. The number of anilines is 1. The fraction of sp³-hybridized carbons (Fsp3) is 0.700. The summed E-state index contributed by atoms with van der Waals surface area (Å²) in [4.78, 5) is 34.7. The summed E-state index contributed by atoms with van der Waals surface area (Å²) in [7, 11) is 0. The average Bonchev–Trinajstić information content (AvgIpc) is 2.87. The Labute approximate surface area is 220 Å². The van der Waals surface area contributed by atoms with Crippen molar-refractivity contribution >= 4 is 22.8 Å². The number of carboxylic acids is 1. The van der Waals surface area contributed by atoms with Gasteiger partial charge in [-0.25, -0.2) is 4.98 Å². The van der Waals surface area contributed by atoms with Gasteiger partial charge in [0.25, 0.3) is 5.56 Å². The predicted molar refractivity (Wildman–Crippen MR) is 148 cm³/mol. The lowest BCUT2D eigenvalue weighted by molar-refractivity contribution is -0.142. The number of hydrogen-bond donors (Lipinski definition) is 1. The summed E-state index contributed by atoms with van der Waals surface area (Å²) in [6, 6.07) is 9.26. The standard InChI is InChI=1S/C30H44N4O3/c1-2-12-24-19-25(17-18-33(24)23-13-8-6-4-3-5-7-9-14-23)34-27-16-11-10-15-26(27)31-28(29(34)35)32-20-22(21-32)30(36)37/h10-11,15-16,22-25H,2-9,12-14,17-21H2,1H3,(H,36,37)/t24-,25-/m1/s1. The van der Waals surface area contributed by atoms with Crippen LogP contribution in [0.15, 0.2) is 29.1 Å². The Balaban J connectivity index is 1.41. The highest BCUT2D eigenvalue weighted by molar-refractivity contribution is 5.78. The number of aliphatic carboxylic acids is 1. The van der Waals surface area contributed by atoms with E-state index < -0.39 is 11.9 Å². The average molecular weight is 509 g/mol. The summed E-state index contributed by atoms with van der Waals surface area (Å²) in [6.07, 6.45) is 16.5. The molecule has 0 amide bonds. The molecule has 0 radical (unpaired) electrons. The van der Waals surface area contributed by atoms with Gasteiger partial charge in [0.2, 0.25) is 0 Å². The maximum absolute atomic E-state index is 13.9. The van der Waals surface area contributed by atoms with Crippen LogP contribution in [-0.4, -0.2) is 57.2 Å². The largest absolute Gasteiger partial charge is 0.481 e. The van der Waals surface area contributed by atoms with E-state index in [1.54, 1.807) is 0 Å². The molecule has 1 aromatic heterocycles. The fourth-order valence-electron chi connectivity index (χ4n) is 7.02. The number of likely N-dealkylation sites (tertiary alicyclic amines) is 1. The fourth-order valence-corrected chi connectivity index (χ4v) is 7.02. The van der Waals surface area contributed by atoms with Crippen LogP contribution in [0.1, 0.15) is 96.4 Å². The highest BCUT2D eigenvalue weighted by Crippen LogP contribution is 2.35. The van der Waals surface area contributed by atoms with Crippen molar-refractivity contribution in [3.8, 4) is 0 Å².